The molecule has 0 bridgehead atoms. The number of ether oxygens (including phenoxy) is 1. The second-order valence-corrected chi connectivity index (χ2v) is 7.35. The van der Waals surface area contributed by atoms with Crippen LogP contribution < -0.4 is 4.74 Å². The number of aryl methyl sites for hydroxylation is 1. The van der Waals surface area contributed by atoms with Gasteiger partial charge in [-0.15, -0.1) is 0 Å². The van der Waals surface area contributed by atoms with Gasteiger partial charge in [0.05, 0.1) is 22.9 Å². The predicted octanol–water partition coefficient (Wildman–Crippen LogP) is 2.80. The highest BCUT2D eigenvalue weighted by atomic mass is 32.2. The summed E-state index contributed by atoms with van der Waals surface area (Å²) in [6.07, 6.45) is 2.97. The fraction of sp³-hybridized carbons (Fsp3) is 0.350. The Morgan fingerprint density at radius 3 is 3.04 bits per heavy atom. The van der Waals surface area contributed by atoms with Crippen molar-refractivity contribution < 1.29 is 19.4 Å². The van der Waals surface area contributed by atoms with Crippen LogP contribution in [-0.4, -0.2) is 57.9 Å². The third kappa shape index (κ3) is 4.24. The second-order valence-electron chi connectivity index (χ2n) is 6.20. The Kier molecular flexibility index (Phi) is 6.34. The first kappa shape index (κ1) is 19.2. The zero-order valence-electron chi connectivity index (χ0n) is 15.1. The number of aldehydes is 1. The Labute approximate surface area is 162 Å². The summed E-state index contributed by atoms with van der Waals surface area (Å²) in [6.45, 7) is 2.87. The van der Waals surface area contributed by atoms with Gasteiger partial charge in [0.25, 0.3) is 5.91 Å². The summed E-state index contributed by atoms with van der Waals surface area (Å²) >= 11 is 1.77. The third-order valence-corrected chi connectivity index (χ3v) is 5.63. The van der Waals surface area contributed by atoms with Crippen molar-refractivity contribution in [1.29, 1.82) is 0 Å². The van der Waals surface area contributed by atoms with Gasteiger partial charge in [0.1, 0.15) is 18.1 Å². The average Bonchev–Trinajstić information content (AvgIpc) is 2.72. The molecule has 1 aliphatic heterocycles. The molecule has 0 radical (unpaired) electrons. The first-order valence-corrected chi connectivity index (χ1v) is 10.0. The number of aromatic nitrogens is 1. The Balaban J connectivity index is 1.77. The number of phenolic OH excluding ortho intramolecular Hbond substituents is 1. The molecular formula is C20H22N2O4S. The number of carbonyl (C=O) groups excluding carboxylic acids is 2. The zero-order valence-corrected chi connectivity index (χ0v) is 15.9. The van der Waals surface area contributed by atoms with E-state index in [1.807, 2.05) is 17.9 Å². The van der Waals surface area contributed by atoms with E-state index in [0.29, 0.717) is 30.6 Å². The molecule has 1 aliphatic rings. The molecule has 0 spiro atoms. The van der Waals surface area contributed by atoms with E-state index in [9.17, 15) is 14.7 Å². The van der Waals surface area contributed by atoms with Crippen LogP contribution in [-0.2, 0) is 6.42 Å². The summed E-state index contributed by atoms with van der Waals surface area (Å²) < 4.78 is 5.81. The standard InChI is InChI=1S/C20H22N2O4S/c1-2-17-15(5-4-8-21-17)20(25)22-9-10-27-13-14(22)12-26-19-7-3-6-18(24)16(19)11-23/h3-8,11,14,24H,2,9-10,12-13H2,1H3. The van der Waals surface area contributed by atoms with Crippen molar-refractivity contribution in [3.05, 3.63) is 53.3 Å². The van der Waals surface area contributed by atoms with Gasteiger partial charge in [-0.2, -0.15) is 11.8 Å². The molecule has 1 unspecified atom stereocenters. The van der Waals surface area contributed by atoms with Crippen LogP contribution in [0.15, 0.2) is 36.5 Å². The molecule has 1 atom stereocenters. The lowest BCUT2D eigenvalue weighted by Gasteiger charge is -2.35. The second kappa shape index (κ2) is 8.90. The maximum absolute atomic E-state index is 13.1. The van der Waals surface area contributed by atoms with Gasteiger partial charge in [0.15, 0.2) is 6.29 Å². The highest BCUT2D eigenvalue weighted by molar-refractivity contribution is 7.99. The fourth-order valence-corrected chi connectivity index (χ4v) is 4.13. The minimum absolute atomic E-state index is 0.0413. The van der Waals surface area contributed by atoms with Crippen molar-refractivity contribution in [2.24, 2.45) is 0 Å². The summed E-state index contributed by atoms with van der Waals surface area (Å²) in [5.74, 6) is 1.79. The normalized spacial score (nSPS) is 16.8. The van der Waals surface area contributed by atoms with Crippen LogP contribution >= 0.6 is 11.8 Å². The van der Waals surface area contributed by atoms with Crippen molar-refractivity contribution in [3.63, 3.8) is 0 Å². The number of rotatable bonds is 6. The topological polar surface area (TPSA) is 79.7 Å². The van der Waals surface area contributed by atoms with E-state index in [1.165, 1.54) is 6.07 Å². The van der Waals surface area contributed by atoms with Crippen molar-refractivity contribution in [2.45, 2.75) is 19.4 Å². The molecule has 3 rings (SSSR count). The van der Waals surface area contributed by atoms with Crippen molar-refractivity contribution in [2.75, 3.05) is 24.7 Å². The smallest absolute Gasteiger partial charge is 0.256 e. The lowest BCUT2D eigenvalue weighted by Crippen LogP contribution is -2.49. The van der Waals surface area contributed by atoms with Gasteiger partial charge in [0, 0.05) is 24.2 Å². The van der Waals surface area contributed by atoms with Crippen molar-refractivity contribution >= 4 is 24.0 Å². The monoisotopic (exact) mass is 386 g/mol. The molecule has 1 aromatic heterocycles. The number of hydrogen-bond acceptors (Lipinski definition) is 6. The van der Waals surface area contributed by atoms with Crippen LogP contribution in [0, 0.1) is 0 Å². The first-order chi connectivity index (χ1) is 13.2. The molecule has 27 heavy (non-hydrogen) atoms. The number of nitrogens with zero attached hydrogens (tertiary/aromatic N) is 2. The number of amides is 1. The SMILES string of the molecule is CCc1ncccc1C(=O)N1CCSCC1COc1cccc(O)c1C=O. The Morgan fingerprint density at radius 2 is 2.26 bits per heavy atom. The minimum atomic E-state index is -0.122. The van der Waals surface area contributed by atoms with Gasteiger partial charge in [0.2, 0.25) is 0 Å². The molecule has 1 N–H and O–H groups in total. The maximum Gasteiger partial charge on any atom is 0.256 e. The zero-order chi connectivity index (χ0) is 19.2. The maximum atomic E-state index is 13.1. The first-order valence-electron chi connectivity index (χ1n) is 8.88. The van der Waals surface area contributed by atoms with Gasteiger partial charge < -0.3 is 14.7 Å². The van der Waals surface area contributed by atoms with Crippen molar-refractivity contribution in [1.82, 2.24) is 9.88 Å². The van der Waals surface area contributed by atoms with Crippen molar-refractivity contribution in [3.8, 4) is 11.5 Å². The number of aromatic hydroxyl groups is 1. The van der Waals surface area contributed by atoms with E-state index >= 15 is 0 Å². The Hall–Kier alpha value is -2.54. The van der Waals surface area contributed by atoms with Crippen LogP contribution in [0.25, 0.3) is 0 Å². The average molecular weight is 386 g/mol. The number of phenols is 1. The van der Waals surface area contributed by atoms with Crippen LogP contribution in [0.4, 0.5) is 0 Å². The molecular weight excluding hydrogens is 364 g/mol. The minimum Gasteiger partial charge on any atom is -0.507 e. The van der Waals surface area contributed by atoms with E-state index in [1.54, 1.807) is 36.2 Å². The van der Waals surface area contributed by atoms with Gasteiger partial charge in [-0.1, -0.05) is 13.0 Å². The summed E-state index contributed by atoms with van der Waals surface area (Å²) in [6, 6.07) is 8.18. The lowest BCUT2D eigenvalue weighted by molar-refractivity contribution is 0.0645. The molecule has 1 fully saturated rings. The van der Waals surface area contributed by atoms with Crippen LogP contribution in [0.2, 0.25) is 0 Å². The molecule has 0 aliphatic carbocycles. The Morgan fingerprint density at radius 1 is 1.41 bits per heavy atom. The van der Waals surface area contributed by atoms with Crippen LogP contribution in [0.5, 0.6) is 11.5 Å². The molecule has 1 aromatic carbocycles. The number of thioether (sulfide) groups is 1. The highest BCUT2D eigenvalue weighted by Crippen LogP contribution is 2.27. The van der Waals surface area contributed by atoms with E-state index in [-0.39, 0.29) is 29.9 Å². The lowest BCUT2D eigenvalue weighted by atomic mass is 10.1. The molecule has 142 valence electrons. The number of carbonyl (C=O) groups is 2. The number of hydrogen-bond donors (Lipinski definition) is 1. The van der Waals surface area contributed by atoms with Crippen LogP contribution in [0.3, 0.4) is 0 Å². The predicted molar refractivity (Wildman–Crippen MR) is 105 cm³/mol. The van der Waals surface area contributed by atoms with Gasteiger partial charge in [-0.3, -0.25) is 14.6 Å². The molecule has 1 saturated heterocycles. The van der Waals surface area contributed by atoms with E-state index in [4.69, 9.17) is 4.74 Å². The quantitative estimate of drug-likeness (QED) is 0.769. The van der Waals surface area contributed by atoms with Gasteiger partial charge >= 0.3 is 0 Å². The molecule has 7 heteroatoms. The van der Waals surface area contributed by atoms with Gasteiger partial charge in [-0.05, 0) is 30.7 Å². The highest BCUT2D eigenvalue weighted by Gasteiger charge is 2.30. The summed E-state index contributed by atoms with van der Waals surface area (Å²) in [5, 5.41) is 9.79. The Bertz CT molecular complexity index is 827. The summed E-state index contributed by atoms with van der Waals surface area (Å²) in [4.78, 5) is 30.5. The number of pyridine rings is 1. The van der Waals surface area contributed by atoms with E-state index in [0.717, 1.165) is 17.2 Å². The van der Waals surface area contributed by atoms with E-state index in [2.05, 4.69) is 4.98 Å². The summed E-state index contributed by atoms with van der Waals surface area (Å²) in [5.41, 5.74) is 1.54. The van der Waals surface area contributed by atoms with E-state index < -0.39 is 0 Å². The van der Waals surface area contributed by atoms with Crippen LogP contribution in [0.1, 0.15) is 33.3 Å². The molecule has 2 aromatic rings. The van der Waals surface area contributed by atoms with Gasteiger partial charge in [-0.25, -0.2) is 0 Å². The number of benzene rings is 1. The molecule has 6 nitrogen and oxygen atoms in total. The molecule has 2 heterocycles. The molecule has 1 amide bonds. The largest absolute Gasteiger partial charge is 0.507 e. The third-order valence-electron chi connectivity index (χ3n) is 4.54. The fourth-order valence-electron chi connectivity index (χ4n) is 3.09. The molecule has 0 saturated carbocycles. The summed E-state index contributed by atoms with van der Waals surface area (Å²) in [7, 11) is 0.